The van der Waals surface area contributed by atoms with E-state index in [1.807, 2.05) is 30.3 Å². The molecule has 1 amide bonds. The molecule has 1 aromatic carbocycles. The first-order chi connectivity index (χ1) is 17.5. The fourth-order valence-electron chi connectivity index (χ4n) is 4.43. The van der Waals surface area contributed by atoms with E-state index in [1.54, 1.807) is 4.90 Å². The molecule has 14 heteroatoms. The normalized spacial score (nSPS) is 16.2. The first kappa shape index (κ1) is 24.7. The van der Waals surface area contributed by atoms with Gasteiger partial charge in [-0.2, -0.15) is 4.68 Å². The number of carbonyl (C=O) groups is 2. The third kappa shape index (κ3) is 5.45. The third-order valence-electron chi connectivity index (χ3n) is 6.16. The van der Waals surface area contributed by atoms with Gasteiger partial charge >= 0.3 is 12.2 Å². The molecule has 0 spiro atoms. The zero-order chi connectivity index (χ0) is 25.5. The molecule has 2 aliphatic carbocycles. The van der Waals surface area contributed by atoms with E-state index in [0.717, 1.165) is 27.8 Å². The van der Waals surface area contributed by atoms with E-state index in [0.29, 0.717) is 24.1 Å². The number of rotatable bonds is 9. The van der Waals surface area contributed by atoms with Crippen LogP contribution in [0.15, 0.2) is 45.4 Å². The number of nitrogens with zero attached hydrogens (tertiary/aromatic N) is 9. The summed E-state index contributed by atoms with van der Waals surface area (Å²) >= 11 is 0. The summed E-state index contributed by atoms with van der Waals surface area (Å²) < 4.78 is 12.8. The largest absolute Gasteiger partial charge is 0.448 e. The first-order valence-corrected chi connectivity index (χ1v) is 11.6. The molecule has 1 atom stereocenters. The van der Waals surface area contributed by atoms with Gasteiger partial charge in [0.2, 0.25) is 0 Å². The zero-order valence-electron chi connectivity index (χ0n) is 19.5. The van der Waals surface area contributed by atoms with Crippen molar-refractivity contribution in [2.45, 2.75) is 57.5 Å². The first-order valence-electron chi connectivity index (χ1n) is 11.6. The van der Waals surface area contributed by atoms with Gasteiger partial charge in [0.1, 0.15) is 13.3 Å². The summed E-state index contributed by atoms with van der Waals surface area (Å²) in [4.78, 5) is 46.0. The standard InChI is InChI=1S/C22H25N9O5/c23-27-25-10-11-35-22(34)31-19-9-8-17(12-18(19)20(32)29(31)14-26-28-24)30(16-6-7-16)21(33)36-13-15-4-2-1-3-5-15/h1-5,16-17H,6-14H2. The molecule has 0 aliphatic heterocycles. The molecule has 1 heterocycles. The Bertz CT molecular complexity index is 1270. The second-order valence-electron chi connectivity index (χ2n) is 8.46. The number of fused-ring (bicyclic) bond motifs is 1. The molecule has 0 saturated heterocycles. The van der Waals surface area contributed by atoms with Gasteiger partial charge in [-0.1, -0.05) is 40.6 Å². The number of benzene rings is 1. The molecule has 0 radical (unpaired) electrons. The van der Waals surface area contributed by atoms with Crippen molar-refractivity contribution in [2.24, 2.45) is 10.2 Å². The van der Waals surface area contributed by atoms with Crippen LogP contribution in [0.1, 0.15) is 36.1 Å². The van der Waals surface area contributed by atoms with Crippen LogP contribution in [-0.4, -0.2) is 51.7 Å². The number of azide groups is 2. The summed E-state index contributed by atoms with van der Waals surface area (Å²) in [6.45, 7) is -0.478. The van der Waals surface area contributed by atoms with Crippen LogP contribution in [-0.2, 0) is 35.6 Å². The van der Waals surface area contributed by atoms with Gasteiger partial charge in [-0.15, -0.1) is 0 Å². The van der Waals surface area contributed by atoms with Crippen molar-refractivity contribution >= 4 is 12.2 Å². The summed E-state index contributed by atoms with van der Waals surface area (Å²) in [6, 6.07) is 9.17. The van der Waals surface area contributed by atoms with Crippen LogP contribution in [0.2, 0.25) is 0 Å². The van der Waals surface area contributed by atoms with Crippen molar-refractivity contribution < 1.29 is 19.1 Å². The lowest BCUT2D eigenvalue weighted by Crippen LogP contribution is -2.45. The van der Waals surface area contributed by atoms with Gasteiger partial charge in [-0.3, -0.25) is 4.79 Å². The fraction of sp³-hybridized carbons (Fsp3) is 0.500. The van der Waals surface area contributed by atoms with Crippen LogP contribution >= 0.6 is 0 Å². The van der Waals surface area contributed by atoms with Crippen molar-refractivity contribution in [3.63, 3.8) is 0 Å². The van der Waals surface area contributed by atoms with Crippen LogP contribution in [0.3, 0.4) is 0 Å². The molecule has 1 fully saturated rings. The van der Waals surface area contributed by atoms with Crippen molar-refractivity contribution in [3.05, 3.63) is 78.4 Å². The van der Waals surface area contributed by atoms with E-state index in [-0.39, 0.29) is 38.3 Å². The van der Waals surface area contributed by atoms with Crippen LogP contribution in [0.4, 0.5) is 9.59 Å². The second-order valence-corrected chi connectivity index (χ2v) is 8.46. The Hall–Kier alpha value is -4.41. The number of hydrogen-bond donors (Lipinski definition) is 0. The number of carbonyl (C=O) groups excluding carboxylic acids is 2. The van der Waals surface area contributed by atoms with E-state index in [9.17, 15) is 14.4 Å². The molecular weight excluding hydrogens is 470 g/mol. The molecular formula is C22H25N9O5. The van der Waals surface area contributed by atoms with Gasteiger partial charge < -0.3 is 14.4 Å². The maximum absolute atomic E-state index is 13.2. The lowest BCUT2D eigenvalue weighted by Gasteiger charge is -2.33. The monoisotopic (exact) mass is 495 g/mol. The molecule has 0 bridgehead atoms. The summed E-state index contributed by atoms with van der Waals surface area (Å²) in [7, 11) is 0. The van der Waals surface area contributed by atoms with Gasteiger partial charge in [0.15, 0.2) is 0 Å². The predicted molar refractivity (Wildman–Crippen MR) is 126 cm³/mol. The number of amides is 1. The van der Waals surface area contributed by atoms with Gasteiger partial charge in [-0.05, 0) is 42.3 Å². The zero-order valence-corrected chi connectivity index (χ0v) is 19.5. The van der Waals surface area contributed by atoms with E-state index in [2.05, 4.69) is 20.1 Å². The third-order valence-corrected chi connectivity index (χ3v) is 6.16. The Morgan fingerprint density at radius 2 is 1.81 bits per heavy atom. The molecule has 4 rings (SSSR count). The summed E-state index contributed by atoms with van der Waals surface area (Å²) in [5, 5.41) is 6.75. The molecule has 14 nitrogen and oxygen atoms in total. The number of aromatic nitrogens is 2. The molecule has 188 valence electrons. The quantitative estimate of drug-likeness (QED) is 0.221. The smallest absolute Gasteiger partial charge is 0.433 e. The highest BCUT2D eigenvalue weighted by Gasteiger charge is 2.41. The summed E-state index contributed by atoms with van der Waals surface area (Å²) in [6.07, 6.45) is 1.54. The van der Waals surface area contributed by atoms with E-state index >= 15 is 0 Å². The average Bonchev–Trinajstić information content (AvgIpc) is 3.69. The van der Waals surface area contributed by atoms with E-state index in [4.69, 9.17) is 20.5 Å². The van der Waals surface area contributed by atoms with Crippen molar-refractivity contribution in [3.8, 4) is 0 Å². The topological polar surface area (TPSA) is 180 Å². The minimum Gasteiger partial charge on any atom is -0.448 e. The maximum atomic E-state index is 13.2. The van der Waals surface area contributed by atoms with Gasteiger partial charge in [0.25, 0.3) is 5.56 Å². The minimum atomic E-state index is -0.839. The Balaban J connectivity index is 1.55. The highest BCUT2D eigenvalue weighted by molar-refractivity contribution is 5.71. The van der Waals surface area contributed by atoms with Crippen LogP contribution in [0.25, 0.3) is 20.9 Å². The van der Waals surface area contributed by atoms with Gasteiger partial charge in [0, 0.05) is 33.9 Å². The lowest BCUT2D eigenvalue weighted by molar-refractivity contribution is 0.0733. The second kappa shape index (κ2) is 11.3. The summed E-state index contributed by atoms with van der Waals surface area (Å²) in [5.74, 6) is 0. The number of hydrogen-bond acceptors (Lipinski definition) is 7. The number of ether oxygens (including phenoxy) is 2. The predicted octanol–water partition coefficient (Wildman–Crippen LogP) is 3.87. The maximum Gasteiger partial charge on any atom is 0.433 e. The SMILES string of the molecule is [N-]=[N+]=NCCOC(=O)n1c2c(c(=O)n1CN=[N+]=[N-])CC(N(C(=O)OCc1ccccc1)C1CC1)CC2. The van der Waals surface area contributed by atoms with Crippen LogP contribution in [0, 0.1) is 0 Å². The lowest BCUT2D eigenvalue weighted by atomic mass is 9.92. The van der Waals surface area contributed by atoms with E-state index in [1.165, 1.54) is 0 Å². The molecule has 1 unspecified atom stereocenters. The fourth-order valence-corrected chi connectivity index (χ4v) is 4.43. The Morgan fingerprint density at radius 3 is 2.50 bits per heavy atom. The highest BCUT2D eigenvalue weighted by atomic mass is 16.6. The molecule has 36 heavy (non-hydrogen) atoms. The van der Waals surface area contributed by atoms with Gasteiger partial charge in [0.05, 0.1) is 18.8 Å². The van der Waals surface area contributed by atoms with Crippen LogP contribution < -0.4 is 5.56 Å². The average molecular weight is 496 g/mol. The van der Waals surface area contributed by atoms with Crippen molar-refractivity contribution in [2.75, 3.05) is 13.2 Å². The highest BCUT2D eigenvalue weighted by Crippen LogP contribution is 2.34. The molecule has 2 aromatic rings. The molecule has 1 aromatic heterocycles. The van der Waals surface area contributed by atoms with Crippen molar-refractivity contribution in [1.29, 1.82) is 0 Å². The van der Waals surface area contributed by atoms with Gasteiger partial charge in [-0.25, -0.2) is 14.3 Å². The van der Waals surface area contributed by atoms with Crippen molar-refractivity contribution in [1.82, 2.24) is 14.3 Å². The Morgan fingerprint density at radius 1 is 1.06 bits per heavy atom. The molecule has 1 saturated carbocycles. The Labute approximate surface area is 205 Å². The molecule has 0 N–H and O–H groups in total. The minimum absolute atomic E-state index is 0.0537. The Kier molecular flexibility index (Phi) is 7.79. The molecule has 2 aliphatic rings. The van der Waals surface area contributed by atoms with Crippen LogP contribution in [0.5, 0.6) is 0 Å². The van der Waals surface area contributed by atoms with E-state index < -0.39 is 24.4 Å². The summed E-state index contributed by atoms with van der Waals surface area (Å²) in [5.41, 5.74) is 18.3.